The lowest BCUT2D eigenvalue weighted by molar-refractivity contribution is 0.0845. The first-order chi connectivity index (χ1) is 8.60. The molecule has 0 saturated heterocycles. The van der Waals surface area contributed by atoms with Gasteiger partial charge in [-0.05, 0) is 18.6 Å². The molecule has 0 amide bonds. The lowest BCUT2D eigenvalue weighted by Gasteiger charge is -2.16. The van der Waals surface area contributed by atoms with Crippen LogP contribution < -0.4 is 5.73 Å². The number of ketones is 1. The number of nitrogens with zero attached hydrogens (tertiary/aromatic N) is 2. The predicted octanol–water partition coefficient (Wildman–Crippen LogP) is 0.765. The van der Waals surface area contributed by atoms with E-state index >= 15 is 0 Å². The maximum atomic E-state index is 12.2. The van der Waals surface area contributed by atoms with Crippen molar-refractivity contribution in [2.45, 2.75) is 31.0 Å². The molecule has 3 N–H and O–H groups in total. The molecule has 0 radical (unpaired) electrons. The first-order valence-corrected chi connectivity index (χ1v) is 6.85. The molecular weight excluding hydrogens is 298 g/mol. The Hall–Kier alpha value is -1.16. The molecule has 1 unspecified atom stereocenters. The van der Waals surface area contributed by atoms with Gasteiger partial charge in [-0.25, -0.2) is 0 Å². The second-order valence-corrected chi connectivity index (χ2v) is 5.02. The number of aliphatic hydroxyl groups excluding tert-OH is 1. The molecule has 0 aromatic carbocycles. The van der Waals surface area contributed by atoms with E-state index in [0.717, 1.165) is 12.1 Å². The van der Waals surface area contributed by atoms with Crippen LogP contribution in [0.3, 0.4) is 0 Å². The van der Waals surface area contributed by atoms with Crippen LogP contribution in [0.25, 0.3) is 0 Å². The van der Waals surface area contributed by atoms with E-state index in [4.69, 9.17) is 11.0 Å². The number of Topliss-reactive ketones (excluding diaryl/α,β-unsaturated/α-hetero) is 1. The van der Waals surface area contributed by atoms with Gasteiger partial charge in [0, 0.05) is 17.6 Å². The Bertz CT molecular complexity index is 506. The highest BCUT2D eigenvalue weighted by Gasteiger charge is 2.30. The lowest BCUT2D eigenvalue weighted by Crippen LogP contribution is -2.43. The number of carbonyl (C=O) groups is 1. The number of nitriles is 1. The molecular formula is C12H14BrN3O2. The average Bonchev–Trinajstić information content (AvgIpc) is 2.96. The molecule has 1 aliphatic rings. The van der Waals surface area contributed by atoms with Crippen LogP contribution >= 0.6 is 15.9 Å². The molecule has 3 atom stereocenters. The topological polar surface area (TPSA) is 92.0 Å². The highest BCUT2D eigenvalue weighted by molar-refractivity contribution is 9.09. The number of hydrogen-bond donors (Lipinski definition) is 2. The summed E-state index contributed by atoms with van der Waals surface area (Å²) in [7, 11) is 0. The molecule has 1 aromatic heterocycles. The van der Waals surface area contributed by atoms with Crippen molar-refractivity contribution in [1.82, 2.24) is 4.57 Å². The van der Waals surface area contributed by atoms with Gasteiger partial charge in [-0.1, -0.05) is 15.9 Å². The van der Waals surface area contributed by atoms with Crippen molar-refractivity contribution in [3.8, 4) is 6.07 Å². The fourth-order valence-electron chi connectivity index (χ4n) is 2.23. The molecule has 5 nitrogen and oxygen atoms in total. The number of alkyl halides is 1. The fraction of sp³-hybridized carbons (Fsp3) is 0.500. The fourth-order valence-corrected chi connectivity index (χ4v) is 2.63. The zero-order chi connectivity index (χ0) is 13.3. The molecule has 0 saturated carbocycles. The van der Waals surface area contributed by atoms with Crippen molar-refractivity contribution in [3.05, 3.63) is 23.5 Å². The zero-order valence-corrected chi connectivity index (χ0v) is 11.3. The van der Waals surface area contributed by atoms with E-state index in [2.05, 4.69) is 22.0 Å². The van der Waals surface area contributed by atoms with Crippen LogP contribution in [-0.4, -0.2) is 32.9 Å². The Morgan fingerprint density at radius 2 is 2.44 bits per heavy atom. The van der Waals surface area contributed by atoms with Crippen molar-refractivity contribution >= 4 is 21.7 Å². The summed E-state index contributed by atoms with van der Waals surface area (Å²) < 4.78 is 1.83. The normalized spacial score (nSPS) is 21.1. The molecule has 0 spiro atoms. The molecule has 2 rings (SSSR count). The zero-order valence-electron chi connectivity index (χ0n) is 9.71. The monoisotopic (exact) mass is 311 g/mol. The molecule has 0 fully saturated rings. The average molecular weight is 312 g/mol. The van der Waals surface area contributed by atoms with Crippen LogP contribution in [0.4, 0.5) is 0 Å². The van der Waals surface area contributed by atoms with Gasteiger partial charge in [0.2, 0.25) is 0 Å². The number of aromatic nitrogens is 1. The SMILES string of the molecule is N#CC1CCn2c(C(=O)[C@@H](N)[C@H](O)CBr)ccc21. The smallest absolute Gasteiger partial charge is 0.198 e. The predicted molar refractivity (Wildman–Crippen MR) is 69.5 cm³/mol. The van der Waals surface area contributed by atoms with Gasteiger partial charge < -0.3 is 15.4 Å². The highest BCUT2D eigenvalue weighted by atomic mass is 79.9. The van der Waals surface area contributed by atoms with Gasteiger partial charge in [0.1, 0.15) is 0 Å². The Balaban J connectivity index is 2.26. The number of nitrogens with two attached hydrogens (primary N) is 1. The Morgan fingerprint density at radius 1 is 1.72 bits per heavy atom. The van der Waals surface area contributed by atoms with Crippen LogP contribution in [-0.2, 0) is 6.54 Å². The Kier molecular flexibility index (Phi) is 3.85. The quantitative estimate of drug-likeness (QED) is 0.634. The van der Waals surface area contributed by atoms with Crippen molar-refractivity contribution < 1.29 is 9.90 Å². The summed E-state index contributed by atoms with van der Waals surface area (Å²) in [6.07, 6.45) is -0.180. The standard InChI is InChI=1S/C12H14BrN3O2/c13-5-10(17)11(15)12(18)9-2-1-8-7(6-14)3-4-16(8)9/h1-2,7,10-11,17H,3-5,15H2/t7?,10-,11+/m1/s1. The second kappa shape index (κ2) is 5.22. The van der Waals surface area contributed by atoms with Gasteiger partial charge in [0.25, 0.3) is 0 Å². The number of halogens is 1. The summed E-state index contributed by atoms with van der Waals surface area (Å²) >= 11 is 3.10. The van der Waals surface area contributed by atoms with Crippen LogP contribution in [0, 0.1) is 11.3 Å². The maximum Gasteiger partial charge on any atom is 0.198 e. The van der Waals surface area contributed by atoms with Crippen LogP contribution in [0.5, 0.6) is 0 Å². The van der Waals surface area contributed by atoms with Crippen molar-refractivity contribution in [2.75, 3.05) is 5.33 Å². The Labute approximate surface area is 113 Å². The summed E-state index contributed by atoms with van der Waals surface area (Å²) in [5.41, 5.74) is 7.06. The lowest BCUT2D eigenvalue weighted by atomic mass is 10.1. The number of carbonyl (C=O) groups excluding carboxylic acids is 1. The van der Waals surface area contributed by atoms with Gasteiger partial charge in [-0.15, -0.1) is 0 Å². The van der Waals surface area contributed by atoms with Gasteiger partial charge in [0.15, 0.2) is 5.78 Å². The molecule has 1 aromatic rings. The second-order valence-electron chi connectivity index (χ2n) is 4.38. The van der Waals surface area contributed by atoms with Crippen LogP contribution in [0.15, 0.2) is 12.1 Å². The molecule has 6 heteroatoms. The molecule has 18 heavy (non-hydrogen) atoms. The van der Waals surface area contributed by atoms with Gasteiger partial charge in [-0.3, -0.25) is 4.79 Å². The van der Waals surface area contributed by atoms with E-state index in [0.29, 0.717) is 12.2 Å². The summed E-state index contributed by atoms with van der Waals surface area (Å²) in [5, 5.41) is 18.8. The van der Waals surface area contributed by atoms with Gasteiger partial charge in [0.05, 0.1) is 29.8 Å². The number of fused-ring (bicyclic) bond motifs is 1. The highest BCUT2D eigenvalue weighted by Crippen LogP contribution is 2.30. The molecule has 0 bridgehead atoms. The first kappa shape index (κ1) is 13.3. The van der Waals surface area contributed by atoms with Gasteiger partial charge in [-0.2, -0.15) is 5.26 Å². The van der Waals surface area contributed by atoms with E-state index in [-0.39, 0.29) is 17.0 Å². The minimum absolute atomic E-state index is 0.149. The largest absolute Gasteiger partial charge is 0.390 e. The van der Waals surface area contributed by atoms with E-state index in [9.17, 15) is 9.90 Å². The van der Waals surface area contributed by atoms with Crippen LogP contribution in [0.2, 0.25) is 0 Å². The van der Waals surface area contributed by atoms with E-state index in [1.54, 1.807) is 12.1 Å². The summed E-state index contributed by atoms with van der Waals surface area (Å²) in [5.74, 6) is -0.435. The molecule has 96 valence electrons. The van der Waals surface area contributed by atoms with Crippen molar-refractivity contribution in [2.24, 2.45) is 5.73 Å². The van der Waals surface area contributed by atoms with Crippen molar-refractivity contribution in [1.29, 1.82) is 5.26 Å². The number of aliphatic hydroxyl groups is 1. The van der Waals surface area contributed by atoms with E-state index in [1.165, 1.54) is 0 Å². The number of rotatable bonds is 4. The third-order valence-corrected chi connectivity index (χ3v) is 3.96. The van der Waals surface area contributed by atoms with Crippen LogP contribution in [0.1, 0.15) is 28.5 Å². The van der Waals surface area contributed by atoms with E-state index < -0.39 is 12.1 Å². The summed E-state index contributed by atoms with van der Waals surface area (Å²) in [6.45, 7) is 0.652. The number of hydrogen-bond acceptors (Lipinski definition) is 4. The summed E-state index contributed by atoms with van der Waals surface area (Å²) in [6, 6.07) is 4.75. The summed E-state index contributed by atoms with van der Waals surface area (Å²) in [4.78, 5) is 12.2. The van der Waals surface area contributed by atoms with Gasteiger partial charge >= 0.3 is 0 Å². The minimum atomic E-state index is -0.940. The first-order valence-electron chi connectivity index (χ1n) is 5.73. The van der Waals surface area contributed by atoms with E-state index in [1.807, 2.05) is 4.57 Å². The minimum Gasteiger partial charge on any atom is -0.390 e. The molecule has 0 aliphatic carbocycles. The Morgan fingerprint density at radius 3 is 3.06 bits per heavy atom. The maximum absolute atomic E-state index is 12.2. The third-order valence-electron chi connectivity index (χ3n) is 3.30. The third kappa shape index (κ3) is 2.09. The van der Waals surface area contributed by atoms with Crippen molar-refractivity contribution in [3.63, 3.8) is 0 Å². The molecule has 2 heterocycles. The molecule has 1 aliphatic heterocycles.